The van der Waals surface area contributed by atoms with Crippen molar-refractivity contribution in [3.05, 3.63) is 0 Å². The van der Waals surface area contributed by atoms with Crippen molar-refractivity contribution in [1.29, 1.82) is 0 Å². The van der Waals surface area contributed by atoms with Crippen molar-refractivity contribution < 1.29 is 276 Å². The van der Waals surface area contributed by atoms with E-state index in [9.17, 15) is 128 Å². The fraction of sp³-hybridized carbons (Fsp3) is 0.810. The Balaban J connectivity index is -0.00000763. The number of amides is 11. The van der Waals surface area contributed by atoms with Crippen LogP contribution in [0.1, 0.15) is 139 Å². The van der Waals surface area contributed by atoms with Gasteiger partial charge in [-0.05, 0) is 122 Å². The van der Waals surface area contributed by atoms with Crippen LogP contribution in [0.2, 0.25) is 0 Å². The molecule has 0 aromatic heterocycles. The van der Waals surface area contributed by atoms with Crippen LogP contribution in [0.3, 0.4) is 0 Å². The molecule has 1 aliphatic heterocycles. The van der Waals surface area contributed by atoms with Crippen LogP contribution in [0.25, 0.3) is 0 Å². The Hall–Kier alpha value is -1.56. The second kappa shape index (κ2) is 60.0. The number of rotatable bonds is 44. The third kappa shape index (κ3) is 56.1. The molecule has 1 saturated heterocycles. The summed E-state index contributed by atoms with van der Waals surface area (Å²) in [6.07, 6.45) is -5.63. The van der Waals surface area contributed by atoms with Crippen LogP contribution in [0.15, 0.2) is 0 Å². The number of carbonyl (C=O) groups excluding carboxylic acids is 11. The first-order valence-electron chi connectivity index (χ1n) is 34.3. The van der Waals surface area contributed by atoms with Crippen LogP contribution >= 0.6 is 0 Å². The molecule has 54 heteroatoms. The standard InChI is InChI=1S/C58H110N16O28S5.5Na/c1-9-35(6)12-10-11-13-46(77)65-38(14-20-59-28-103(88,89)90)53(82)74-48(37(8)76)58(87)70-41(17-23-62-31-106(97,98)99)50(79)68-43-19-25-64-57(86)47(36(7)75)73-54(83)42(18-24-63-32-107(100,101)102)67-49(78)39(15-21-60-29-104(91,92)93)69-55(84)44(26-33(2)3)72-56(85)45(27-34(4)5)71-52(81)40(66-51(43)80)16-22-61-30-105(94,95)96;;;;;/h33-45,47-48,59-63,75-76H,9-32H2,1-8H3,(H,64,86)(H,65,77)(H,66,80)(H,67,78)(H,68,79)(H,69,84)(H,70,87)(H,71,81)(H,72,85)(H,73,83)(H,74,82)(H,88,89,90)(H,91,92,93)(H,94,95,96)(H,97,98,99)(H,100,101,102);;;;;/q;5*+1/p-5. The summed E-state index contributed by atoms with van der Waals surface area (Å²) in [5.41, 5.74) is 0. The predicted molar refractivity (Wildman–Crippen MR) is 373 cm³/mol. The van der Waals surface area contributed by atoms with E-state index in [2.05, 4.69) is 85.1 Å². The minimum Gasteiger partial charge on any atom is -0.747 e. The molecule has 1 aliphatic rings. The van der Waals surface area contributed by atoms with E-state index in [1.807, 2.05) is 13.8 Å². The van der Waals surface area contributed by atoms with Gasteiger partial charge in [-0.3, -0.25) is 52.7 Å². The molecular weight excluding hydrogens is 1640 g/mol. The number of carbonyl (C=O) groups is 11. The van der Waals surface area contributed by atoms with Crippen molar-refractivity contribution in [2.75, 3.05) is 68.7 Å². The topological polar surface area (TPSA) is 707 Å². The molecule has 0 bridgehead atoms. The number of unbranched alkanes of at least 4 members (excludes halogenated alkanes) is 1. The quantitative estimate of drug-likeness (QED) is 0.0153. The van der Waals surface area contributed by atoms with E-state index in [-0.39, 0.29) is 167 Å². The molecule has 112 heavy (non-hydrogen) atoms. The Morgan fingerprint density at radius 2 is 0.786 bits per heavy atom. The van der Waals surface area contributed by atoms with E-state index in [1.54, 1.807) is 27.7 Å². The van der Waals surface area contributed by atoms with Crippen molar-refractivity contribution in [3.63, 3.8) is 0 Å². The molecule has 1 rings (SSSR count). The van der Waals surface area contributed by atoms with Crippen molar-refractivity contribution in [1.82, 2.24) is 85.1 Å². The van der Waals surface area contributed by atoms with E-state index < -0.39 is 307 Å². The molecule has 1 heterocycles. The van der Waals surface area contributed by atoms with Gasteiger partial charge in [-0.15, -0.1) is 0 Å². The van der Waals surface area contributed by atoms with Crippen LogP contribution in [0.4, 0.5) is 0 Å². The Morgan fingerprint density at radius 3 is 1.14 bits per heavy atom. The zero-order valence-electron chi connectivity index (χ0n) is 65.7. The molecule has 0 aromatic carbocycles. The van der Waals surface area contributed by atoms with Crippen molar-refractivity contribution in [2.45, 2.75) is 211 Å². The molecule has 1 fully saturated rings. The van der Waals surface area contributed by atoms with Crippen molar-refractivity contribution >= 4 is 116 Å². The Morgan fingerprint density at radius 1 is 0.438 bits per heavy atom. The maximum Gasteiger partial charge on any atom is 1.00 e. The first-order valence-corrected chi connectivity index (χ1v) is 42.2. The maximum atomic E-state index is 14.9. The maximum absolute atomic E-state index is 14.9. The Bertz CT molecular complexity index is 3550. The van der Waals surface area contributed by atoms with Crippen LogP contribution in [0, 0.1) is 17.8 Å². The number of hydrogen-bond donors (Lipinski definition) is 18. The summed E-state index contributed by atoms with van der Waals surface area (Å²) < 4.78 is 173. The van der Waals surface area contributed by atoms with Gasteiger partial charge in [-0.1, -0.05) is 60.8 Å². The van der Waals surface area contributed by atoms with Crippen LogP contribution < -0.4 is 233 Å². The largest absolute Gasteiger partial charge is 1.00 e. The molecule has 0 aliphatic carbocycles. The van der Waals surface area contributed by atoms with Gasteiger partial charge in [0.15, 0.2) is 0 Å². The van der Waals surface area contributed by atoms with Gasteiger partial charge >= 0.3 is 148 Å². The van der Waals surface area contributed by atoms with Gasteiger partial charge < -0.3 is 118 Å². The number of aliphatic hydroxyl groups excluding tert-OH is 2. The number of nitrogens with one attached hydrogen (secondary N) is 16. The SMILES string of the molecule is CCC(C)CCCCC(=O)NC(CCNCS(=O)(=O)[O-])C(=O)NC(C(=O)NC(CCNCS(=O)(=O)[O-])C(=O)NC1CCNC(=O)C(C(C)O)NC(=O)C(CCNCS(=O)(=O)[O-])NC(=O)C(CCNCS(=O)(=O)[O-])NC(=O)C(CC(C)C)NC(=O)C(CC(C)C)NC(=O)C(CCNCS(=O)(=O)[O-])NC1=O)C(C)O.[Na+].[Na+].[Na+].[Na+].[Na+]. The zero-order chi connectivity index (χ0) is 81.8. The Kier molecular flexibility index (Phi) is 63.8. The second-order valence-electron chi connectivity index (χ2n) is 26.6. The van der Waals surface area contributed by atoms with Gasteiger partial charge in [0.2, 0.25) is 65.0 Å². The summed E-state index contributed by atoms with van der Waals surface area (Å²) in [7, 11) is -24.8. The monoisotopic (exact) mass is 1750 g/mol. The molecular formula is C58H105N16Na5O28S5. The first-order chi connectivity index (χ1) is 49.4. The number of hydrogen-bond acceptors (Lipinski definition) is 33. The summed E-state index contributed by atoms with van der Waals surface area (Å²) >= 11 is 0. The molecule has 44 nitrogen and oxygen atoms in total. The van der Waals surface area contributed by atoms with Gasteiger partial charge in [0.25, 0.3) is 0 Å². The van der Waals surface area contributed by atoms with Gasteiger partial charge in [0, 0.05) is 13.0 Å². The summed E-state index contributed by atoms with van der Waals surface area (Å²) in [6.45, 7) is 8.83. The van der Waals surface area contributed by atoms with E-state index in [0.29, 0.717) is 18.8 Å². The predicted octanol–water partition coefficient (Wildman–Crippen LogP) is -24.8. The van der Waals surface area contributed by atoms with Gasteiger partial charge in [-0.25, -0.2) is 42.1 Å². The smallest absolute Gasteiger partial charge is 0.747 e. The van der Waals surface area contributed by atoms with E-state index >= 15 is 0 Å². The van der Waals surface area contributed by atoms with Crippen molar-refractivity contribution in [3.8, 4) is 0 Å². The first kappa shape index (κ1) is 119. The van der Waals surface area contributed by atoms with Gasteiger partial charge in [0.1, 0.15) is 111 Å². The third-order valence-corrected chi connectivity index (χ3v) is 18.6. The molecule has 18 N–H and O–H groups in total. The molecule has 0 radical (unpaired) electrons. The van der Waals surface area contributed by atoms with Crippen LogP contribution in [-0.4, -0.2) is 281 Å². The van der Waals surface area contributed by atoms with E-state index in [0.717, 1.165) is 26.7 Å². The van der Waals surface area contributed by atoms with E-state index in [1.165, 1.54) is 0 Å². The minimum atomic E-state index is -5.03. The molecule has 620 valence electrons. The van der Waals surface area contributed by atoms with Crippen LogP contribution in [0.5, 0.6) is 0 Å². The fourth-order valence-electron chi connectivity index (χ4n) is 10.1. The van der Waals surface area contributed by atoms with Gasteiger partial charge in [-0.2, -0.15) is 0 Å². The summed E-state index contributed by atoms with van der Waals surface area (Å²) in [4.78, 5) is 158. The fourth-order valence-corrected chi connectivity index (χ4v) is 12.1. The average Bonchev–Trinajstić information content (AvgIpc) is 0.943. The summed E-state index contributed by atoms with van der Waals surface area (Å²) in [5.74, 6) is -20.0. The minimum absolute atomic E-state index is 0. The summed E-state index contributed by atoms with van der Waals surface area (Å²) in [6, 6.07) is -18.8. The van der Waals surface area contributed by atoms with Crippen LogP contribution in [-0.2, 0) is 103 Å². The van der Waals surface area contributed by atoms with E-state index in [4.69, 9.17) is 0 Å². The molecule has 0 aromatic rings. The normalized spacial score (nSPS) is 20.5. The molecule has 13 atom stereocenters. The third-order valence-electron chi connectivity index (χ3n) is 15.8. The molecule has 0 saturated carbocycles. The van der Waals surface area contributed by atoms with Crippen molar-refractivity contribution in [2.24, 2.45) is 17.8 Å². The summed E-state index contributed by atoms with van der Waals surface area (Å²) in [5, 5.41) is 59.0. The Labute approximate surface area is 765 Å². The zero-order valence-corrected chi connectivity index (χ0v) is 79.8. The second-order valence-corrected chi connectivity index (χ2v) is 33.6. The van der Waals surface area contributed by atoms with Gasteiger partial charge in [0.05, 0.1) is 41.6 Å². The molecule has 11 amide bonds. The molecule has 13 unspecified atom stereocenters. The average molecular weight is 1750 g/mol. The molecule has 0 spiro atoms. The number of aliphatic hydroxyl groups is 2.